The van der Waals surface area contributed by atoms with Gasteiger partial charge in [0.1, 0.15) is 0 Å². The van der Waals surface area contributed by atoms with Gasteiger partial charge >= 0.3 is 0 Å². The van der Waals surface area contributed by atoms with Gasteiger partial charge in [-0.2, -0.15) is 0 Å². The van der Waals surface area contributed by atoms with E-state index >= 15 is 0 Å². The zero-order valence-electron chi connectivity index (χ0n) is 7.50. The molecule has 0 aromatic heterocycles. The topological polar surface area (TPSA) is 52.0 Å². The van der Waals surface area contributed by atoms with Crippen LogP contribution in [0.15, 0.2) is 23.8 Å². The molecule has 4 N–H and O–H groups in total. The van der Waals surface area contributed by atoms with Crippen molar-refractivity contribution in [2.45, 2.75) is 38.3 Å². The van der Waals surface area contributed by atoms with Crippen LogP contribution in [-0.2, 0) is 0 Å². The fraction of sp³-hybridized carbons (Fsp3) is 0.600. The molecule has 12 heavy (non-hydrogen) atoms. The van der Waals surface area contributed by atoms with Crippen molar-refractivity contribution < 1.29 is 0 Å². The Morgan fingerprint density at radius 1 is 1.33 bits per heavy atom. The fourth-order valence-corrected chi connectivity index (χ4v) is 1.47. The summed E-state index contributed by atoms with van der Waals surface area (Å²) in [6, 6.07) is 0. The molecule has 0 saturated carbocycles. The van der Waals surface area contributed by atoms with Crippen LogP contribution in [0.3, 0.4) is 0 Å². The van der Waals surface area contributed by atoms with E-state index in [1.54, 1.807) is 0 Å². The molecule has 2 heteroatoms. The number of rotatable bonds is 2. The molecule has 0 atom stereocenters. The molecular weight excluding hydrogens is 148 g/mol. The maximum Gasteiger partial charge on any atom is 0.0559 e. The maximum atomic E-state index is 5.53. The molecule has 0 amide bonds. The third-order valence-electron chi connectivity index (χ3n) is 2.08. The van der Waals surface area contributed by atoms with Crippen molar-refractivity contribution in [1.29, 1.82) is 0 Å². The highest BCUT2D eigenvalue weighted by molar-refractivity contribution is 5.14. The SMILES string of the molecule is NC(N)CC1=CC=CCCCC1. The highest BCUT2D eigenvalue weighted by Gasteiger charge is 2.01. The van der Waals surface area contributed by atoms with Gasteiger partial charge in [0.05, 0.1) is 6.17 Å². The van der Waals surface area contributed by atoms with Gasteiger partial charge in [-0.3, -0.25) is 0 Å². The molecule has 0 aliphatic heterocycles. The van der Waals surface area contributed by atoms with Crippen molar-refractivity contribution in [2.75, 3.05) is 0 Å². The van der Waals surface area contributed by atoms with E-state index in [4.69, 9.17) is 11.5 Å². The molecule has 2 nitrogen and oxygen atoms in total. The van der Waals surface area contributed by atoms with E-state index in [0.717, 1.165) is 12.8 Å². The molecule has 68 valence electrons. The second kappa shape index (κ2) is 5.12. The first kappa shape index (κ1) is 9.49. The standard InChI is InChI=1S/C10H18N2/c11-10(12)8-9-6-4-2-1-3-5-7-9/h2,4,6,10H,1,3,5,7-8,11-12H2. The van der Waals surface area contributed by atoms with Crippen molar-refractivity contribution in [3.05, 3.63) is 23.8 Å². The van der Waals surface area contributed by atoms with Crippen LogP contribution in [0, 0.1) is 0 Å². The van der Waals surface area contributed by atoms with Gasteiger partial charge in [-0.05, 0) is 32.1 Å². The van der Waals surface area contributed by atoms with Gasteiger partial charge in [0, 0.05) is 0 Å². The zero-order chi connectivity index (χ0) is 8.81. The Morgan fingerprint density at radius 2 is 2.17 bits per heavy atom. The van der Waals surface area contributed by atoms with E-state index in [9.17, 15) is 0 Å². The summed E-state index contributed by atoms with van der Waals surface area (Å²) < 4.78 is 0. The number of hydrogen-bond donors (Lipinski definition) is 2. The Kier molecular flexibility index (Phi) is 4.05. The smallest absolute Gasteiger partial charge is 0.0559 e. The lowest BCUT2D eigenvalue weighted by atomic mass is 10.0. The first-order valence-electron chi connectivity index (χ1n) is 4.65. The summed E-state index contributed by atoms with van der Waals surface area (Å²) >= 11 is 0. The van der Waals surface area contributed by atoms with Crippen molar-refractivity contribution in [1.82, 2.24) is 0 Å². The first-order chi connectivity index (χ1) is 5.79. The van der Waals surface area contributed by atoms with Gasteiger partial charge in [0.15, 0.2) is 0 Å². The third-order valence-corrected chi connectivity index (χ3v) is 2.08. The zero-order valence-corrected chi connectivity index (χ0v) is 7.50. The van der Waals surface area contributed by atoms with Gasteiger partial charge in [0.2, 0.25) is 0 Å². The summed E-state index contributed by atoms with van der Waals surface area (Å²) in [5, 5.41) is 0. The molecule has 0 aromatic rings. The summed E-state index contributed by atoms with van der Waals surface area (Å²) in [6.45, 7) is 0. The molecule has 1 aliphatic rings. The Labute approximate surface area is 74.3 Å². The average Bonchev–Trinajstić information content (AvgIpc) is 1.93. The minimum absolute atomic E-state index is 0.191. The molecule has 0 spiro atoms. The quantitative estimate of drug-likeness (QED) is 0.613. The molecule has 0 aromatic carbocycles. The van der Waals surface area contributed by atoms with Crippen LogP contribution in [0.25, 0.3) is 0 Å². The highest BCUT2D eigenvalue weighted by atomic mass is 14.8. The van der Waals surface area contributed by atoms with Gasteiger partial charge < -0.3 is 11.5 Å². The molecular formula is C10H18N2. The number of hydrogen-bond acceptors (Lipinski definition) is 2. The monoisotopic (exact) mass is 166 g/mol. The van der Waals surface area contributed by atoms with E-state index in [2.05, 4.69) is 18.2 Å². The lowest BCUT2D eigenvalue weighted by molar-refractivity contribution is 0.647. The van der Waals surface area contributed by atoms with Crippen LogP contribution in [0.1, 0.15) is 32.1 Å². The lowest BCUT2D eigenvalue weighted by Crippen LogP contribution is -2.30. The van der Waals surface area contributed by atoms with Crippen LogP contribution in [0.4, 0.5) is 0 Å². The summed E-state index contributed by atoms with van der Waals surface area (Å²) in [5.41, 5.74) is 12.4. The third kappa shape index (κ3) is 3.69. The van der Waals surface area contributed by atoms with E-state index in [1.165, 1.54) is 24.8 Å². The highest BCUT2D eigenvalue weighted by Crippen LogP contribution is 2.15. The predicted molar refractivity (Wildman–Crippen MR) is 52.5 cm³/mol. The largest absolute Gasteiger partial charge is 0.316 e. The summed E-state index contributed by atoms with van der Waals surface area (Å²) in [5.74, 6) is 0. The Morgan fingerprint density at radius 3 is 2.92 bits per heavy atom. The molecule has 1 aliphatic carbocycles. The minimum atomic E-state index is -0.191. The van der Waals surface area contributed by atoms with Crippen LogP contribution in [-0.4, -0.2) is 6.17 Å². The first-order valence-corrected chi connectivity index (χ1v) is 4.65. The molecule has 0 radical (unpaired) electrons. The van der Waals surface area contributed by atoms with Crippen molar-refractivity contribution >= 4 is 0 Å². The Bertz CT molecular complexity index is 180. The second-order valence-corrected chi connectivity index (χ2v) is 3.37. The normalized spacial score (nSPS) is 18.8. The van der Waals surface area contributed by atoms with E-state index in [0.29, 0.717) is 0 Å². The van der Waals surface area contributed by atoms with E-state index in [1.807, 2.05) is 0 Å². The van der Waals surface area contributed by atoms with Crippen LogP contribution >= 0.6 is 0 Å². The molecule has 0 bridgehead atoms. The lowest BCUT2D eigenvalue weighted by Gasteiger charge is -2.10. The van der Waals surface area contributed by atoms with Gasteiger partial charge in [0.25, 0.3) is 0 Å². The fourth-order valence-electron chi connectivity index (χ4n) is 1.47. The molecule has 0 heterocycles. The summed E-state index contributed by atoms with van der Waals surface area (Å²) in [4.78, 5) is 0. The van der Waals surface area contributed by atoms with E-state index < -0.39 is 0 Å². The second-order valence-electron chi connectivity index (χ2n) is 3.37. The molecule has 1 rings (SSSR count). The van der Waals surface area contributed by atoms with Crippen LogP contribution in [0.5, 0.6) is 0 Å². The maximum absolute atomic E-state index is 5.53. The Balaban J connectivity index is 2.47. The van der Waals surface area contributed by atoms with Gasteiger partial charge in [-0.1, -0.05) is 23.8 Å². The van der Waals surface area contributed by atoms with Crippen LogP contribution in [0.2, 0.25) is 0 Å². The molecule has 0 fully saturated rings. The van der Waals surface area contributed by atoms with E-state index in [-0.39, 0.29) is 6.17 Å². The minimum Gasteiger partial charge on any atom is -0.316 e. The van der Waals surface area contributed by atoms with Crippen LogP contribution < -0.4 is 11.5 Å². The summed E-state index contributed by atoms with van der Waals surface area (Å²) in [6.07, 6.45) is 12.1. The molecule has 0 unspecified atom stereocenters. The van der Waals surface area contributed by atoms with Crippen molar-refractivity contribution in [3.63, 3.8) is 0 Å². The average molecular weight is 166 g/mol. The molecule has 0 saturated heterocycles. The van der Waals surface area contributed by atoms with Crippen molar-refractivity contribution in [3.8, 4) is 0 Å². The van der Waals surface area contributed by atoms with Gasteiger partial charge in [-0.25, -0.2) is 0 Å². The summed E-state index contributed by atoms with van der Waals surface area (Å²) in [7, 11) is 0. The Hall–Kier alpha value is -0.600. The number of nitrogens with two attached hydrogens (primary N) is 2. The predicted octanol–water partition coefficient (Wildman–Crippen LogP) is 1.68. The van der Waals surface area contributed by atoms with Crippen molar-refractivity contribution in [2.24, 2.45) is 11.5 Å². The van der Waals surface area contributed by atoms with Gasteiger partial charge in [-0.15, -0.1) is 0 Å². The number of allylic oxidation sites excluding steroid dienone is 3.